The Hall–Kier alpha value is -2.62. The van der Waals surface area contributed by atoms with Gasteiger partial charge in [0.05, 0.1) is 0 Å². The first-order valence-electron chi connectivity index (χ1n) is 10.7. The average Bonchev–Trinajstić information content (AvgIpc) is 2.68. The molecule has 4 nitrogen and oxygen atoms in total. The second-order valence-electron chi connectivity index (χ2n) is 9.10. The second-order valence-corrected chi connectivity index (χ2v) is 9.10. The smallest absolute Gasteiger partial charge is 0.308 e. The van der Waals surface area contributed by atoms with Crippen LogP contribution in [0.5, 0.6) is 11.5 Å². The normalized spacial score (nSPS) is 21.7. The summed E-state index contributed by atoms with van der Waals surface area (Å²) in [4.78, 5) is 22.3. The zero-order valence-electron chi connectivity index (χ0n) is 18.6. The number of ether oxygens (including phenoxy) is 2. The summed E-state index contributed by atoms with van der Waals surface area (Å²) in [5.41, 5.74) is 2.59. The van der Waals surface area contributed by atoms with E-state index in [1.807, 2.05) is 24.3 Å². The van der Waals surface area contributed by atoms with Gasteiger partial charge < -0.3 is 9.47 Å². The molecule has 0 bridgehead atoms. The molecule has 2 aromatic rings. The Kier molecular flexibility index (Phi) is 6.64. The Labute approximate surface area is 179 Å². The number of hydrogen-bond donors (Lipinski definition) is 0. The monoisotopic (exact) mass is 408 g/mol. The largest absolute Gasteiger partial charge is 0.427 e. The Morgan fingerprint density at radius 1 is 0.833 bits per heavy atom. The fourth-order valence-electron chi connectivity index (χ4n) is 4.75. The molecule has 0 heterocycles. The van der Waals surface area contributed by atoms with Gasteiger partial charge in [-0.05, 0) is 77.8 Å². The zero-order valence-corrected chi connectivity index (χ0v) is 18.6. The van der Waals surface area contributed by atoms with E-state index >= 15 is 0 Å². The highest BCUT2D eigenvalue weighted by Crippen LogP contribution is 2.48. The molecule has 1 aliphatic rings. The van der Waals surface area contributed by atoms with Crippen LogP contribution in [0.15, 0.2) is 48.5 Å². The highest BCUT2D eigenvalue weighted by Gasteiger charge is 2.38. The summed E-state index contributed by atoms with van der Waals surface area (Å²) in [6.07, 6.45) is 3.50. The lowest BCUT2D eigenvalue weighted by atomic mass is 9.62. The van der Waals surface area contributed by atoms with E-state index in [1.54, 1.807) is 0 Å². The van der Waals surface area contributed by atoms with E-state index in [0.717, 1.165) is 6.42 Å². The minimum absolute atomic E-state index is 0.0187. The molecule has 160 valence electrons. The predicted octanol–water partition coefficient (Wildman–Crippen LogP) is 6.03. The van der Waals surface area contributed by atoms with Crippen LogP contribution in [-0.4, -0.2) is 11.9 Å². The van der Waals surface area contributed by atoms with Gasteiger partial charge in [0, 0.05) is 13.8 Å². The van der Waals surface area contributed by atoms with Gasteiger partial charge in [-0.1, -0.05) is 45.0 Å². The Morgan fingerprint density at radius 2 is 1.33 bits per heavy atom. The summed E-state index contributed by atoms with van der Waals surface area (Å²) in [6.45, 7) is 9.80. The van der Waals surface area contributed by atoms with Crippen molar-refractivity contribution in [2.75, 3.05) is 0 Å². The highest BCUT2D eigenvalue weighted by atomic mass is 16.5. The van der Waals surface area contributed by atoms with Gasteiger partial charge in [0.15, 0.2) is 0 Å². The van der Waals surface area contributed by atoms with Crippen LogP contribution in [0.4, 0.5) is 0 Å². The minimum atomic E-state index is -0.300. The van der Waals surface area contributed by atoms with Gasteiger partial charge >= 0.3 is 11.9 Å². The van der Waals surface area contributed by atoms with E-state index < -0.39 is 0 Å². The Morgan fingerprint density at radius 3 is 1.83 bits per heavy atom. The van der Waals surface area contributed by atoms with Crippen LogP contribution >= 0.6 is 0 Å². The molecule has 1 aliphatic carbocycles. The van der Waals surface area contributed by atoms with Crippen molar-refractivity contribution in [1.82, 2.24) is 0 Å². The maximum Gasteiger partial charge on any atom is 0.308 e. The standard InChI is InChI=1S/C26H32O4/c1-17-6-9-22(16-25(17)20-7-12-23(13-8-20)29-18(2)27)26(4,5)21-10-14-24(15-11-21)30-19(3)28/h7-8,10-15,17,22,25H,6,9,16H2,1-5H3/t17-,22-,25-/m0/s1. The summed E-state index contributed by atoms with van der Waals surface area (Å²) in [5.74, 6) is 2.23. The van der Waals surface area contributed by atoms with Gasteiger partial charge in [-0.3, -0.25) is 9.59 Å². The molecule has 0 aliphatic heterocycles. The summed E-state index contributed by atoms with van der Waals surface area (Å²) in [5, 5.41) is 0. The number of hydrogen-bond acceptors (Lipinski definition) is 4. The topological polar surface area (TPSA) is 52.6 Å². The van der Waals surface area contributed by atoms with Crippen molar-refractivity contribution in [3.05, 3.63) is 59.7 Å². The fourth-order valence-corrected chi connectivity index (χ4v) is 4.75. The van der Waals surface area contributed by atoms with Crippen LogP contribution in [0.2, 0.25) is 0 Å². The average molecular weight is 409 g/mol. The van der Waals surface area contributed by atoms with Crippen LogP contribution in [-0.2, 0) is 15.0 Å². The van der Waals surface area contributed by atoms with Gasteiger partial charge in [-0.25, -0.2) is 0 Å². The lowest BCUT2D eigenvalue weighted by Crippen LogP contribution is -2.34. The van der Waals surface area contributed by atoms with Crippen molar-refractivity contribution in [3.63, 3.8) is 0 Å². The van der Waals surface area contributed by atoms with Crippen molar-refractivity contribution in [3.8, 4) is 11.5 Å². The molecule has 2 aromatic carbocycles. The molecule has 30 heavy (non-hydrogen) atoms. The molecule has 4 heteroatoms. The second kappa shape index (κ2) is 9.03. The molecular weight excluding hydrogens is 376 g/mol. The van der Waals surface area contributed by atoms with E-state index in [4.69, 9.17) is 9.47 Å². The lowest BCUT2D eigenvalue weighted by molar-refractivity contribution is -0.132. The SMILES string of the molecule is CC(=O)Oc1ccc([C@H]2C[C@@H](C(C)(C)c3ccc(OC(C)=O)cc3)CC[C@@H]2C)cc1. The summed E-state index contributed by atoms with van der Waals surface area (Å²) in [6, 6.07) is 15.9. The zero-order chi connectivity index (χ0) is 21.9. The number of carbonyl (C=O) groups is 2. The van der Waals surface area contributed by atoms with E-state index in [0.29, 0.717) is 29.3 Å². The Balaban J connectivity index is 1.76. The van der Waals surface area contributed by atoms with Crippen molar-refractivity contribution >= 4 is 11.9 Å². The Bertz CT molecular complexity index is 880. The summed E-state index contributed by atoms with van der Waals surface area (Å²) in [7, 11) is 0. The molecular formula is C26H32O4. The molecule has 0 aromatic heterocycles. The van der Waals surface area contributed by atoms with Crippen LogP contribution in [0, 0.1) is 11.8 Å². The van der Waals surface area contributed by atoms with Crippen LogP contribution in [0.1, 0.15) is 70.9 Å². The van der Waals surface area contributed by atoms with Gasteiger partial charge in [-0.15, -0.1) is 0 Å². The minimum Gasteiger partial charge on any atom is -0.427 e. The fraction of sp³-hybridized carbons (Fsp3) is 0.462. The molecule has 0 amide bonds. The van der Waals surface area contributed by atoms with Gasteiger partial charge in [0.25, 0.3) is 0 Å². The summed E-state index contributed by atoms with van der Waals surface area (Å²) >= 11 is 0. The number of esters is 2. The molecule has 3 rings (SSSR count). The summed E-state index contributed by atoms with van der Waals surface area (Å²) < 4.78 is 10.4. The third kappa shape index (κ3) is 5.10. The van der Waals surface area contributed by atoms with Crippen LogP contribution in [0.3, 0.4) is 0 Å². The van der Waals surface area contributed by atoms with Crippen molar-refractivity contribution in [2.45, 2.75) is 65.2 Å². The van der Waals surface area contributed by atoms with Gasteiger partial charge in [0.2, 0.25) is 0 Å². The van der Waals surface area contributed by atoms with Crippen LogP contribution < -0.4 is 9.47 Å². The van der Waals surface area contributed by atoms with Crippen LogP contribution in [0.25, 0.3) is 0 Å². The van der Waals surface area contributed by atoms with E-state index in [9.17, 15) is 9.59 Å². The van der Waals surface area contributed by atoms with E-state index in [1.165, 1.54) is 37.8 Å². The van der Waals surface area contributed by atoms with E-state index in [-0.39, 0.29) is 17.4 Å². The van der Waals surface area contributed by atoms with Gasteiger partial charge in [-0.2, -0.15) is 0 Å². The molecule has 0 unspecified atom stereocenters. The molecule has 1 fully saturated rings. The maximum atomic E-state index is 11.2. The third-order valence-corrected chi connectivity index (χ3v) is 6.65. The third-order valence-electron chi connectivity index (χ3n) is 6.65. The first kappa shape index (κ1) is 22.1. The van der Waals surface area contributed by atoms with Crippen molar-refractivity contribution in [2.24, 2.45) is 11.8 Å². The van der Waals surface area contributed by atoms with Crippen molar-refractivity contribution < 1.29 is 19.1 Å². The molecule has 1 saturated carbocycles. The first-order chi connectivity index (χ1) is 14.2. The van der Waals surface area contributed by atoms with Crippen molar-refractivity contribution in [1.29, 1.82) is 0 Å². The molecule has 0 N–H and O–H groups in total. The number of rotatable bonds is 5. The first-order valence-corrected chi connectivity index (χ1v) is 10.7. The highest BCUT2D eigenvalue weighted by molar-refractivity contribution is 5.69. The van der Waals surface area contributed by atoms with Gasteiger partial charge in [0.1, 0.15) is 11.5 Å². The molecule has 0 spiro atoms. The quantitative estimate of drug-likeness (QED) is 0.447. The molecule has 0 saturated heterocycles. The lowest BCUT2D eigenvalue weighted by Gasteiger charge is -2.43. The maximum absolute atomic E-state index is 11.2. The van der Waals surface area contributed by atoms with E-state index in [2.05, 4.69) is 45.0 Å². The molecule has 3 atom stereocenters. The predicted molar refractivity (Wildman–Crippen MR) is 118 cm³/mol. The molecule has 0 radical (unpaired) electrons. The number of benzene rings is 2. The number of carbonyl (C=O) groups excluding carboxylic acids is 2.